The summed E-state index contributed by atoms with van der Waals surface area (Å²) in [6.07, 6.45) is -0.991. The molecule has 0 amide bonds. The van der Waals surface area contributed by atoms with Gasteiger partial charge in [0.1, 0.15) is 6.10 Å². The van der Waals surface area contributed by atoms with E-state index in [1.807, 2.05) is 0 Å². The second kappa shape index (κ2) is 4.00. The van der Waals surface area contributed by atoms with Crippen LogP contribution in [0.25, 0.3) is 0 Å². The van der Waals surface area contributed by atoms with Crippen LogP contribution in [0.4, 0.5) is 0 Å². The van der Waals surface area contributed by atoms with Crippen molar-refractivity contribution in [2.45, 2.75) is 20.0 Å². The SMILES string of the molecule is CC(C)(C(=O)O)C(O)c1sccc1Br. The molecule has 2 N–H and O–H groups in total. The largest absolute Gasteiger partial charge is 0.481 e. The molecule has 0 aromatic carbocycles. The minimum atomic E-state index is -1.17. The third-order valence-corrected chi connectivity index (χ3v) is 4.05. The summed E-state index contributed by atoms with van der Waals surface area (Å²) in [6, 6.07) is 1.79. The molecule has 1 rings (SSSR count). The molecule has 3 nitrogen and oxygen atoms in total. The highest BCUT2D eigenvalue weighted by Crippen LogP contribution is 2.39. The first kappa shape index (κ1) is 11.7. The van der Waals surface area contributed by atoms with Crippen molar-refractivity contribution in [1.29, 1.82) is 0 Å². The van der Waals surface area contributed by atoms with Gasteiger partial charge in [0.25, 0.3) is 0 Å². The number of carboxylic acids is 1. The second-order valence-electron chi connectivity index (χ2n) is 3.56. The average Bonchev–Trinajstić information content (AvgIpc) is 2.49. The molecule has 5 heteroatoms. The number of carboxylic acid groups (broad SMARTS) is 1. The molecule has 1 heterocycles. The molecule has 1 unspecified atom stereocenters. The summed E-state index contributed by atoms with van der Waals surface area (Å²) in [5.74, 6) is -1.01. The van der Waals surface area contributed by atoms with Gasteiger partial charge in [0.2, 0.25) is 0 Å². The second-order valence-corrected chi connectivity index (χ2v) is 5.36. The van der Waals surface area contributed by atoms with Gasteiger partial charge in [-0.05, 0) is 41.2 Å². The first-order chi connectivity index (χ1) is 6.37. The summed E-state index contributed by atoms with van der Waals surface area (Å²) in [7, 11) is 0. The fourth-order valence-electron chi connectivity index (χ4n) is 0.945. The Morgan fingerprint density at radius 1 is 1.64 bits per heavy atom. The van der Waals surface area contributed by atoms with Crippen LogP contribution in [-0.2, 0) is 4.79 Å². The maximum atomic E-state index is 10.9. The molecule has 0 bridgehead atoms. The number of thiophene rings is 1. The normalized spacial score (nSPS) is 14.0. The Hall–Kier alpha value is -0.390. The molecule has 78 valence electrons. The van der Waals surface area contributed by atoms with E-state index in [-0.39, 0.29) is 0 Å². The van der Waals surface area contributed by atoms with Crippen LogP contribution < -0.4 is 0 Å². The Balaban J connectivity index is 3.02. The zero-order valence-corrected chi connectivity index (χ0v) is 10.2. The van der Waals surface area contributed by atoms with Gasteiger partial charge >= 0.3 is 5.97 Å². The Bertz CT molecular complexity index is 346. The summed E-state index contributed by atoms with van der Waals surface area (Å²) < 4.78 is 0.754. The quantitative estimate of drug-likeness (QED) is 0.894. The van der Waals surface area contributed by atoms with E-state index < -0.39 is 17.5 Å². The van der Waals surface area contributed by atoms with Crippen LogP contribution in [0.15, 0.2) is 15.9 Å². The summed E-state index contributed by atoms with van der Waals surface area (Å²) >= 11 is 4.61. The molecule has 0 aliphatic rings. The Morgan fingerprint density at radius 2 is 2.21 bits per heavy atom. The molecule has 1 aromatic heterocycles. The molecule has 0 saturated carbocycles. The molecular weight excluding hydrogens is 268 g/mol. The van der Waals surface area contributed by atoms with Crippen molar-refractivity contribution in [3.05, 3.63) is 20.8 Å². The van der Waals surface area contributed by atoms with Gasteiger partial charge in [-0.2, -0.15) is 0 Å². The van der Waals surface area contributed by atoms with Gasteiger partial charge in [-0.1, -0.05) is 0 Å². The van der Waals surface area contributed by atoms with Gasteiger partial charge in [0, 0.05) is 9.35 Å². The monoisotopic (exact) mass is 278 g/mol. The van der Waals surface area contributed by atoms with Crippen LogP contribution in [0, 0.1) is 5.41 Å². The van der Waals surface area contributed by atoms with Crippen molar-refractivity contribution >= 4 is 33.2 Å². The van der Waals surface area contributed by atoms with Crippen molar-refractivity contribution in [2.75, 3.05) is 0 Å². The molecular formula is C9H11BrO3S. The lowest BCUT2D eigenvalue weighted by Crippen LogP contribution is -2.30. The van der Waals surface area contributed by atoms with E-state index >= 15 is 0 Å². The Morgan fingerprint density at radius 3 is 2.57 bits per heavy atom. The molecule has 0 spiro atoms. The first-order valence-electron chi connectivity index (χ1n) is 4.01. The van der Waals surface area contributed by atoms with E-state index in [2.05, 4.69) is 15.9 Å². The number of halogens is 1. The van der Waals surface area contributed by atoms with Crippen LogP contribution in [-0.4, -0.2) is 16.2 Å². The van der Waals surface area contributed by atoms with Crippen molar-refractivity contribution < 1.29 is 15.0 Å². The van der Waals surface area contributed by atoms with E-state index in [4.69, 9.17) is 5.11 Å². The third kappa shape index (κ3) is 1.99. The highest BCUT2D eigenvalue weighted by atomic mass is 79.9. The molecule has 0 fully saturated rings. The van der Waals surface area contributed by atoms with Crippen molar-refractivity contribution in [2.24, 2.45) is 5.41 Å². The van der Waals surface area contributed by atoms with Crippen LogP contribution in [0.5, 0.6) is 0 Å². The highest BCUT2D eigenvalue weighted by Gasteiger charge is 2.38. The molecule has 1 atom stereocenters. The molecule has 0 aliphatic carbocycles. The van der Waals surface area contributed by atoms with Crippen LogP contribution >= 0.6 is 27.3 Å². The minimum absolute atomic E-state index is 0.650. The first-order valence-corrected chi connectivity index (χ1v) is 5.69. The standard InChI is InChI=1S/C9H11BrO3S/c1-9(2,8(12)13)7(11)6-5(10)3-4-14-6/h3-4,7,11H,1-2H3,(H,12,13). The number of aliphatic carboxylic acids is 1. The predicted molar refractivity (Wildman–Crippen MR) is 58.4 cm³/mol. The maximum Gasteiger partial charge on any atom is 0.312 e. The lowest BCUT2D eigenvalue weighted by atomic mass is 9.86. The summed E-state index contributed by atoms with van der Waals surface area (Å²) in [4.78, 5) is 11.5. The van der Waals surface area contributed by atoms with Gasteiger partial charge < -0.3 is 10.2 Å². The number of rotatable bonds is 3. The van der Waals surface area contributed by atoms with Crippen molar-refractivity contribution in [3.63, 3.8) is 0 Å². The van der Waals surface area contributed by atoms with Gasteiger partial charge in [-0.3, -0.25) is 4.79 Å². The minimum Gasteiger partial charge on any atom is -0.481 e. The summed E-state index contributed by atoms with van der Waals surface area (Å²) in [6.45, 7) is 3.01. The third-order valence-electron chi connectivity index (χ3n) is 2.13. The van der Waals surface area contributed by atoms with Crippen molar-refractivity contribution in [1.82, 2.24) is 0 Å². The topological polar surface area (TPSA) is 57.5 Å². The van der Waals surface area contributed by atoms with E-state index in [1.165, 1.54) is 25.2 Å². The number of aliphatic hydroxyl groups excluding tert-OH is 1. The van der Waals surface area contributed by atoms with Crippen LogP contribution in [0.2, 0.25) is 0 Å². The van der Waals surface area contributed by atoms with Gasteiger partial charge in [0.15, 0.2) is 0 Å². The molecule has 0 radical (unpaired) electrons. The number of aliphatic hydroxyl groups is 1. The highest BCUT2D eigenvalue weighted by molar-refractivity contribution is 9.10. The van der Waals surface area contributed by atoms with E-state index in [0.29, 0.717) is 4.88 Å². The number of carbonyl (C=O) groups is 1. The lowest BCUT2D eigenvalue weighted by molar-refractivity contribution is -0.153. The maximum absolute atomic E-state index is 10.9. The number of hydrogen-bond donors (Lipinski definition) is 2. The van der Waals surface area contributed by atoms with Crippen LogP contribution in [0.3, 0.4) is 0 Å². The Labute approximate surface area is 94.5 Å². The lowest BCUT2D eigenvalue weighted by Gasteiger charge is -2.25. The molecule has 14 heavy (non-hydrogen) atoms. The molecule has 0 saturated heterocycles. The van der Waals surface area contributed by atoms with Crippen LogP contribution in [0.1, 0.15) is 24.8 Å². The fourth-order valence-corrected chi connectivity index (χ4v) is 2.70. The summed E-state index contributed by atoms with van der Waals surface area (Å²) in [5.41, 5.74) is -1.17. The summed E-state index contributed by atoms with van der Waals surface area (Å²) in [5, 5.41) is 20.6. The van der Waals surface area contributed by atoms with E-state index in [9.17, 15) is 9.90 Å². The average molecular weight is 279 g/mol. The smallest absolute Gasteiger partial charge is 0.312 e. The van der Waals surface area contributed by atoms with Gasteiger partial charge in [-0.25, -0.2) is 0 Å². The molecule has 1 aromatic rings. The van der Waals surface area contributed by atoms with E-state index in [0.717, 1.165) is 4.47 Å². The van der Waals surface area contributed by atoms with Gasteiger partial charge in [-0.15, -0.1) is 11.3 Å². The number of hydrogen-bond acceptors (Lipinski definition) is 3. The van der Waals surface area contributed by atoms with Crippen molar-refractivity contribution in [3.8, 4) is 0 Å². The zero-order valence-electron chi connectivity index (χ0n) is 7.82. The van der Waals surface area contributed by atoms with Gasteiger partial charge in [0.05, 0.1) is 5.41 Å². The Kier molecular flexibility index (Phi) is 3.34. The fraction of sp³-hybridized carbons (Fsp3) is 0.444. The predicted octanol–water partition coefficient (Wildman–Crippen LogP) is 2.65. The molecule has 0 aliphatic heterocycles. The zero-order chi connectivity index (χ0) is 10.9. The van der Waals surface area contributed by atoms with E-state index in [1.54, 1.807) is 11.4 Å².